The summed E-state index contributed by atoms with van der Waals surface area (Å²) in [5.74, 6) is 1.39. The third-order valence-corrected chi connectivity index (χ3v) is 6.78. The predicted molar refractivity (Wildman–Crippen MR) is 110 cm³/mol. The summed E-state index contributed by atoms with van der Waals surface area (Å²) in [6.45, 7) is 3.62. The number of carbonyl (C=O) groups excluding carboxylic acids is 2. The van der Waals surface area contributed by atoms with Crippen LogP contribution in [0, 0.1) is 11.8 Å². The number of anilines is 2. The molecule has 2 aromatic rings. The predicted octanol–water partition coefficient (Wildman–Crippen LogP) is 3.03. The van der Waals surface area contributed by atoms with Gasteiger partial charge in [0.05, 0.1) is 11.6 Å². The first-order valence-electron chi connectivity index (χ1n) is 10.1. The van der Waals surface area contributed by atoms with Crippen molar-refractivity contribution in [1.82, 2.24) is 4.98 Å². The number of rotatable bonds is 3. The summed E-state index contributed by atoms with van der Waals surface area (Å²) in [4.78, 5) is 32.9. The van der Waals surface area contributed by atoms with Gasteiger partial charge in [0.25, 0.3) is 0 Å². The first-order chi connectivity index (χ1) is 14.1. The van der Waals surface area contributed by atoms with Crippen molar-refractivity contribution < 1.29 is 19.1 Å². The van der Waals surface area contributed by atoms with Crippen molar-refractivity contribution in [2.45, 2.75) is 32.6 Å². The van der Waals surface area contributed by atoms with Gasteiger partial charge in [-0.3, -0.25) is 9.59 Å². The van der Waals surface area contributed by atoms with Gasteiger partial charge in [-0.25, -0.2) is 4.98 Å². The third kappa shape index (κ3) is 3.57. The van der Waals surface area contributed by atoms with Crippen molar-refractivity contribution in [3.8, 4) is 11.5 Å². The maximum absolute atomic E-state index is 12.8. The van der Waals surface area contributed by atoms with Crippen LogP contribution in [0.3, 0.4) is 0 Å². The van der Waals surface area contributed by atoms with Crippen LogP contribution in [0.1, 0.15) is 30.3 Å². The lowest BCUT2D eigenvalue weighted by molar-refractivity contribution is -0.122. The zero-order chi connectivity index (χ0) is 20.0. The molecule has 5 rings (SSSR count). The van der Waals surface area contributed by atoms with Crippen LogP contribution in [0.25, 0.3) is 0 Å². The Bertz CT molecular complexity index is 973. The average molecular weight is 413 g/mol. The fourth-order valence-electron chi connectivity index (χ4n) is 4.13. The molecule has 152 valence electrons. The number of nitrogens with one attached hydrogen (secondary N) is 1. The SMILES string of the molecule is CC1CCc2nc(NC(=O)C3CC(=O)N(c4ccc5c(c4)OCCO5)C3)sc2C1. The van der Waals surface area contributed by atoms with Gasteiger partial charge in [0, 0.05) is 29.6 Å². The number of thiazole rings is 1. The minimum atomic E-state index is -0.393. The molecule has 7 nitrogen and oxygen atoms in total. The molecule has 8 heteroatoms. The van der Waals surface area contributed by atoms with Crippen LogP contribution in [0.5, 0.6) is 11.5 Å². The number of benzene rings is 1. The minimum absolute atomic E-state index is 0.0610. The molecule has 0 radical (unpaired) electrons. The standard InChI is InChI=1S/C21H23N3O4S/c1-12-2-4-15-18(8-12)29-21(22-15)23-20(26)13-9-19(25)24(11-13)14-3-5-16-17(10-14)28-7-6-27-16/h3,5,10,12-13H,2,4,6-9,11H2,1H3,(H,22,23,26). The van der Waals surface area contributed by atoms with Crippen LogP contribution in [0.15, 0.2) is 18.2 Å². The van der Waals surface area contributed by atoms with Crippen LogP contribution < -0.4 is 19.7 Å². The van der Waals surface area contributed by atoms with E-state index in [-0.39, 0.29) is 18.2 Å². The zero-order valence-electron chi connectivity index (χ0n) is 16.3. The van der Waals surface area contributed by atoms with Crippen molar-refractivity contribution in [3.05, 3.63) is 28.8 Å². The van der Waals surface area contributed by atoms with Crippen LogP contribution in [0.4, 0.5) is 10.8 Å². The molecule has 2 aliphatic heterocycles. The fraction of sp³-hybridized carbons (Fsp3) is 0.476. The Morgan fingerprint density at radius 2 is 2.07 bits per heavy atom. The third-order valence-electron chi connectivity index (χ3n) is 5.75. The van der Waals surface area contributed by atoms with E-state index in [1.807, 2.05) is 18.2 Å². The molecule has 1 saturated heterocycles. The molecule has 2 amide bonds. The van der Waals surface area contributed by atoms with Gasteiger partial charge in [-0.05, 0) is 37.3 Å². The van der Waals surface area contributed by atoms with E-state index in [0.29, 0.717) is 42.3 Å². The van der Waals surface area contributed by atoms with E-state index in [2.05, 4.69) is 17.2 Å². The van der Waals surface area contributed by atoms with Gasteiger partial charge < -0.3 is 19.7 Å². The second kappa shape index (κ2) is 7.33. The topological polar surface area (TPSA) is 80.8 Å². The monoisotopic (exact) mass is 413 g/mol. The second-order valence-corrected chi connectivity index (χ2v) is 9.04. The molecule has 0 saturated carbocycles. The molecule has 2 atom stereocenters. The molecule has 29 heavy (non-hydrogen) atoms. The Kier molecular flexibility index (Phi) is 4.66. The summed E-state index contributed by atoms with van der Waals surface area (Å²) in [6.07, 6.45) is 3.35. The number of nitrogens with zero attached hydrogens (tertiary/aromatic N) is 2. The number of hydrogen-bond donors (Lipinski definition) is 1. The van der Waals surface area contributed by atoms with Gasteiger partial charge >= 0.3 is 0 Å². The summed E-state index contributed by atoms with van der Waals surface area (Å²) < 4.78 is 11.1. The molecule has 1 N–H and O–H groups in total. The normalized spacial score (nSPS) is 23.1. The van der Waals surface area contributed by atoms with E-state index >= 15 is 0 Å². The molecular weight excluding hydrogens is 390 g/mol. The first kappa shape index (κ1) is 18.4. The minimum Gasteiger partial charge on any atom is -0.486 e. The highest BCUT2D eigenvalue weighted by Crippen LogP contribution is 2.36. The molecule has 3 heterocycles. The first-order valence-corrected chi connectivity index (χ1v) is 10.9. The van der Waals surface area contributed by atoms with E-state index in [0.717, 1.165) is 30.6 Å². The summed E-state index contributed by atoms with van der Waals surface area (Å²) >= 11 is 1.57. The smallest absolute Gasteiger partial charge is 0.231 e. The van der Waals surface area contributed by atoms with Gasteiger partial charge in [0.15, 0.2) is 16.6 Å². The summed E-state index contributed by atoms with van der Waals surface area (Å²) in [6, 6.07) is 5.45. The van der Waals surface area contributed by atoms with Gasteiger partial charge in [0.2, 0.25) is 11.8 Å². The molecule has 1 fully saturated rings. The van der Waals surface area contributed by atoms with Crippen molar-refractivity contribution in [2.24, 2.45) is 11.8 Å². The Balaban J connectivity index is 1.27. The number of carbonyl (C=O) groups is 2. The maximum Gasteiger partial charge on any atom is 0.231 e. The highest BCUT2D eigenvalue weighted by Gasteiger charge is 2.36. The lowest BCUT2D eigenvalue weighted by Crippen LogP contribution is -2.28. The molecule has 1 aromatic heterocycles. The second-order valence-electron chi connectivity index (χ2n) is 7.96. The van der Waals surface area contributed by atoms with Crippen LogP contribution >= 0.6 is 11.3 Å². The highest BCUT2D eigenvalue weighted by atomic mass is 32.1. The number of aromatic nitrogens is 1. The van der Waals surface area contributed by atoms with Crippen LogP contribution in [-0.2, 0) is 22.4 Å². The van der Waals surface area contributed by atoms with E-state index < -0.39 is 5.92 Å². The lowest BCUT2D eigenvalue weighted by Gasteiger charge is -2.22. The molecule has 1 aromatic carbocycles. The Morgan fingerprint density at radius 1 is 1.24 bits per heavy atom. The molecular formula is C21H23N3O4S. The largest absolute Gasteiger partial charge is 0.486 e. The molecule has 3 aliphatic rings. The van der Waals surface area contributed by atoms with Crippen molar-refractivity contribution >= 4 is 34.0 Å². The van der Waals surface area contributed by atoms with Gasteiger partial charge in [-0.2, -0.15) is 0 Å². The number of amides is 2. The molecule has 2 unspecified atom stereocenters. The Morgan fingerprint density at radius 3 is 2.93 bits per heavy atom. The number of hydrogen-bond acceptors (Lipinski definition) is 6. The van der Waals surface area contributed by atoms with Crippen molar-refractivity contribution in [2.75, 3.05) is 30.0 Å². The van der Waals surface area contributed by atoms with Crippen LogP contribution in [0.2, 0.25) is 0 Å². The zero-order valence-corrected chi connectivity index (χ0v) is 17.1. The molecule has 0 bridgehead atoms. The van der Waals surface area contributed by atoms with E-state index in [1.165, 1.54) is 4.88 Å². The number of aryl methyl sites for hydroxylation is 1. The highest BCUT2D eigenvalue weighted by molar-refractivity contribution is 7.15. The van der Waals surface area contributed by atoms with Crippen LogP contribution in [-0.4, -0.2) is 36.6 Å². The average Bonchev–Trinajstić information content (AvgIpc) is 3.30. The number of ether oxygens (including phenoxy) is 2. The van der Waals surface area contributed by atoms with Gasteiger partial charge in [-0.15, -0.1) is 11.3 Å². The van der Waals surface area contributed by atoms with E-state index in [1.54, 1.807) is 16.2 Å². The summed E-state index contributed by atoms with van der Waals surface area (Å²) in [5.41, 5.74) is 1.84. The Hall–Kier alpha value is -2.61. The maximum atomic E-state index is 12.8. The van der Waals surface area contributed by atoms with Gasteiger partial charge in [0.1, 0.15) is 13.2 Å². The molecule has 0 spiro atoms. The van der Waals surface area contributed by atoms with E-state index in [9.17, 15) is 9.59 Å². The van der Waals surface area contributed by atoms with Gasteiger partial charge in [-0.1, -0.05) is 6.92 Å². The number of fused-ring (bicyclic) bond motifs is 2. The molecule has 1 aliphatic carbocycles. The summed E-state index contributed by atoms with van der Waals surface area (Å²) in [7, 11) is 0. The Labute approximate surface area is 173 Å². The van der Waals surface area contributed by atoms with Crippen molar-refractivity contribution in [3.63, 3.8) is 0 Å². The van der Waals surface area contributed by atoms with Crippen molar-refractivity contribution in [1.29, 1.82) is 0 Å². The van der Waals surface area contributed by atoms with E-state index in [4.69, 9.17) is 9.47 Å². The summed E-state index contributed by atoms with van der Waals surface area (Å²) in [5, 5.41) is 3.60. The lowest BCUT2D eigenvalue weighted by atomic mass is 9.93. The fourth-order valence-corrected chi connectivity index (χ4v) is 5.31. The quantitative estimate of drug-likeness (QED) is 0.837.